The molecular weight excluding hydrogens is 238 g/mol. The molecule has 1 aliphatic heterocycles. The average molecular weight is 264 g/mol. The van der Waals surface area contributed by atoms with Gasteiger partial charge in [-0.25, -0.2) is 0 Å². The van der Waals surface area contributed by atoms with E-state index in [-0.39, 0.29) is 29.5 Å². The van der Waals surface area contributed by atoms with Crippen molar-refractivity contribution in [2.45, 2.75) is 65.0 Å². The quantitative estimate of drug-likeness (QED) is 0.796. The predicted octanol–water partition coefficient (Wildman–Crippen LogP) is 2.92. The maximum atomic E-state index is 11.5. The lowest BCUT2D eigenvalue weighted by atomic mass is 9.75. The fourth-order valence-corrected chi connectivity index (χ4v) is 3.13. The second-order valence-electron chi connectivity index (χ2n) is 6.18. The standard InChI is InChI=1S/C13H25NO2.ClH/c1-6-16-11(15)7-10-8-12(2,3)14-13(4,5)9-10;/h10,14H,6-9H2,1-5H3;1H. The molecule has 0 amide bonds. The van der Waals surface area contributed by atoms with Crippen LogP contribution in [0.3, 0.4) is 0 Å². The topological polar surface area (TPSA) is 38.3 Å². The van der Waals surface area contributed by atoms with Crippen LogP contribution in [0.5, 0.6) is 0 Å². The summed E-state index contributed by atoms with van der Waals surface area (Å²) >= 11 is 0. The van der Waals surface area contributed by atoms with E-state index in [1.807, 2.05) is 6.92 Å². The van der Waals surface area contributed by atoms with E-state index in [0.717, 1.165) is 12.8 Å². The number of carbonyl (C=O) groups is 1. The van der Waals surface area contributed by atoms with Crippen LogP contribution in [-0.4, -0.2) is 23.7 Å². The zero-order valence-corrected chi connectivity index (χ0v) is 12.4. The molecule has 0 bridgehead atoms. The third-order valence-corrected chi connectivity index (χ3v) is 3.04. The highest BCUT2D eigenvalue weighted by atomic mass is 35.5. The highest BCUT2D eigenvalue weighted by Crippen LogP contribution is 2.34. The Morgan fingerprint density at radius 3 is 2.12 bits per heavy atom. The molecule has 0 spiro atoms. The summed E-state index contributed by atoms with van der Waals surface area (Å²) in [5.74, 6) is 0.381. The van der Waals surface area contributed by atoms with Crippen LogP contribution in [0.25, 0.3) is 0 Å². The molecule has 1 N–H and O–H groups in total. The molecule has 0 saturated carbocycles. The van der Waals surface area contributed by atoms with Gasteiger partial charge in [-0.1, -0.05) is 0 Å². The van der Waals surface area contributed by atoms with Crippen LogP contribution < -0.4 is 5.32 Å². The number of hydrogen-bond donors (Lipinski definition) is 1. The monoisotopic (exact) mass is 263 g/mol. The third-order valence-electron chi connectivity index (χ3n) is 3.04. The number of nitrogens with one attached hydrogen (secondary N) is 1. The molecular formula is C13H26ClNO2. The molecule has 1 saturated heterocycles. The summed E-state index contributed by atoms with van der Waals surface area (Å²) in [5.41, 5.74) is 0.220. The van der Waals surface area contributed by atoms with Crippen molar-refractivity contribution in [1.29, 1.82) is 0 Å². The minimum atomic E-state index is -0.0546. The summed E-state index contributed by atoms with van der Waals surface area (Å²) < 4.78 is 5.02. The molecule has 102 valence electrons. The van der Waals surface area contributed by atoms with E-state index in [0.29, 0.717) is 18.9 Å². The van der Waals surface area contributed by atoms with Gasteiger partial charge < -0.3 is 10.1 Å². The number of rotatable bonds is 3. The molecule has 0 unspecified atom stereocenters. The second-order valence-corrected chi connectivity index (χ2v) is 6.18. The minimum Gasteiger partial charge on any atom is -0.466 e. The van der Waals surface area contributed by atoms with Gasteiger partial charge in [0.2, 0.25) is 0 Å². The van der Waals surface area contributed by atoms with Crippen LogP contribution >= 0.6 is 12.4 Å². The second kappa shape index (κ2) is 6.05. The Kier molecular flexibility index (Phi) is 5.95. The van der Waals surface area contributed by atoms with Crippen LogP contribution in [-0.2, 0) is 9.53 Å². The summed E-state index contributed by atoms with van der Waals surface area (Å²) in [5, 5.41) is 3.62. The molecule has 17 heavy (non-hydrogen) atoms. The van der Waals surface area contributed by atoms with Gasteiger partial charge in [0.25, 0.3) is 0 Å². The minimum absolute atomic E-state index is 0. The first-order valence-electron chi connectivity index (χ1n) is 6.19. The zero-order chi connectivity index (χ0) is 12.4. The van der Waals surface area contributed by atoms with Gasteiger partial charge in [0.05, 0.1) is 6.61 Å². The molecule has 4 heteroatoms. The highest BCUT2D eigenvalue weighted by molar-refractivity contribution is 5.85. The van der Waals surface area contributed by atoms with Crippen molar-refractivity contribution in [3.8, 4) is 0 Å². The normalized spacial score (nSPS) is 22.6. The molecule has 1 fully saturated rings. The van der Waals surface area contributed by atoms with Crippen molar-refractivity contribution in [3.05, 3.63) is 0 Å². The Morgan fingerprint density at radius 2 is 1.71 bits per heavy atom. The third kappa shape index (κ3) is 5.73. The Bertz CT molecular complexity index is 248. The maximum Gasteiger partial charge on any atom is 0.306 e. The Labute approximate surface area is 111 Å². The van der Waals surface area contributed by atoms with Gasteiger partial charge in [-0.3, -0.25) is 4.79 Å². The van der Waals surface area contributed by atoms with E-state index in [1.54, 1.807) is 0 Å². The van der Waals surface area contributed by atoms with E-state index in [2.05, 4.69) is 33.0 Å². The van der Waals surface area contributed by atoms with Crippen molar-refractivity contribution in [1.82, 2.24) is 5.32 Å². The first kappa shape index (κ1) is 16.7. The summed E-state index contributed by atoms with van der Waals surface area (Å²) in [7, 11) is 0. The van der Waals surface area contributed by atoms with Crippen molar-refractivity contribution in [2.75, 3.05) is 6.61 Å². The fourth-order valence-electron chi connectivity index (χ4n) is 3.13. The van der Waals surface area contributed by atoms with Gasteiger partial charge in [0.1, 0.15) is 0 Å². The van der Waals surface area contributed by atoms with Gasteiger partial charge in [-0.05, 0) is 53.4 Å². The smallest absolute Gasteiger partial charge is 0.306 e. The van der Waals surface area contributed by atoms with Gasteiger partial charge >= 0.3 is 5.97 Å². The van der Waals surface area contributed by atoms with E-state index >= 15 is 0 Å². The predicted molar refractivity (Wildman–Crippen MR) is 72.5 cm³/mol. The number of halogens is 1. The van der Waals surface area contributed by atoms with Crippen molar-refractivity contribution >= 4 is 18.4 Å². The Morgan fingerprint density at radius 1 is 1.24 bits per heavy atom. The molecule has 0 atom stereocenters. The lowest BCUT2D eigenvalue weighted by Gasteiger charge is -2.46. The maximum absolute atomic E-state index is 11.5. The molecule has 0 aromatic rings. The summed E-state index contributed by atoms with van der Waals surface area (Å²) in [6, 6.07) is 0. The molecule has 0 aliphatic carbocycles. The van der Waals surface area contributed by atoms with Crippen LogP contribution in [0.15, 0.2) is 0 Å². The van der Waals surface area contributed by atoms with Crippen molar-refractivity contribution in [2.24, 2.45) is 5.92 Å². The lowest BCUT2D eigenvalue weighted by Crippen LogP contribution is -2.58. The lowest BCUT2D eigenvalue weighted by molar-refractivity contribution is -0.144. The largest absolute Gasteiger partial charge is 0.466 e. The van der Waals surface area contributed by atoms with E-state index in [1.165, 1.54) is 0 Å². The average Bonchev–Trinajstić information content (AvgIpc) is 1.96. The molecule has 0 aromatic carbocycles. The Hall–Kier alpha value is -0.280. The van der Waals surface area contributed by atoms with Crippen molar-refractivity contribution < 1.29 is 9.53 Å². The van der Waals surface area contributed by atoms with Crippen LogP contribution in [0, 0.1) is 5.92 Å². The molecule has 0 aromatic heterocycles. The first-order chi connectivity index (χ1) is 7.24. The van der Waals surface area contributed by atoms with E-state index in [4.69, 9.17) is 4.74 Å². The van der Waals surface area contributed by atoms with Crippen LogP contribution in [0.2, 0.25) is 0 Å². The Balaban J connectivity index is 0.00000256. The van der Waals surface area contributed by atoms with E-state index < -0.39 is 0 Å². The van der Waals surface area contributed by atoms with Crippen molar-refractivity contribution in [3.63, 3.8) is 0 Å². The van der Waals surface area contributed by atoms with Gasteiger partial charge in [0.15, 0.2) is 0 Å². The van der Waals surface area contributed by atoms with Crippen LogP contribution in [0.1, 0.15) is 53.9 Å². The van der Waals surface area contributed by atoms with Gasteiger partial charge in [-0.2, -0.15) is 0 Å². The zero-order valence-electron chi connectivity index (χ0n) is 11.6. The first-order valence-corrected chi connectivity index (χ1v) is 6.19. The summed E-state index contributed by atoms with van der Waals surface area (Å²) in [6.45, 7) is 11.1. The van der Waals surface area contributed by atoms with Gasteiger partial charge in [-0.15, -0.1) is 12.4 Å². The number of piperidine rings is 1. The number of hydrogen-bond acceptors (Lipinski definition) is 3. The number of ether oxygens (including phenoxy) is 1. The number of esters is 1. The number of carbonyl (C=O) groups excluding carboxylic acids is 1. The summed E-state index contributed by atoms with van der Waals surface area (Å²) in [6.07, 6.45) is 2.63. The fraction of sp³-hybridized carbons (Fsp3) is 0.923. The molecule has 1 heterocycles. The summed E-state index contributed by atoms with van der Waals surface area (Å²) in [4.78, 5) is 11.5. The molecule has 1 rings (SSSR count). The van der Waals surface area contributed by atoms with Crippen LogP contribution in [0.4, 0.5) is 0 Å². The molecule has 3 nitrogen and oxygen atoms in total. The van der Waals surface area contributed by atoms with Gasteiger partial charge in [0, 0.05) is 17.5 Å². The molecule has 1 aliphatic rings. The highest BCUT2D eigenvalue weighted by Gasteiger charge is 2.38. The van der Waals surface area contributed by atoms with E-state index in [9.17, 15) is 4.79 Å². The molecule has 0 radical (unpaired) electrons. The SMILES string of the molecule is CCOC(=O)CC1CC(C)(C)NC(C)(C)C1.Cl.